The first kappa shape index (κ1) is 11.2. The summed E-state index contributed by atoms with van der Waals surface area (Å²) >= 11 is 0. The molecule has 1 saturated heterocycles. The molecule has 0 radical (unpaired) electrons. The van der Waals surface area contributed by atoms with Crippen LogP contribution in [-0.4, -0.2) is 43.2 Å². The van der Waals surface area contributed by atoms with Gasteiger partial charge in [-0.15, -0.1) is 0 Å². The third-order valence-corrected chi connectivity index (χ3v) is 2.90. The van der Waals surface area contributed by atoms with Gasteiger partial charge in [-0.25, -0.2) is 4.98 Å². The highest BCUT2D eigenvalue weighted by molar-refractivity contribution is 5.22. The van der Waals surface area contributed by atoms with Crippen molar-refractivity contribution in [3.05, 3.63) is 18.3 Å². The minimum absolute atomic E-state index is 0.303. The molecule has 0 aliphatic carbocycles. The van der Waals surface area contributed by atoms with Gasteiger partial charge >= 0.3 is 0 Å². The van der Waals surface area contributed by atoms with Gasteiger partial charge in [-0.3, -0.25) is 0 Å². The van der Waals surface area contributed by atoms with E-state index in [1.807, 2.05) is 12.1 Å². The summed E-state index contributed by atoms with van der Waals surface area (Å²) in [4.78, 5) is 6.52. The average molecular weight is 222 g/mol. The lowest BCUT2D eigenvalue weighted by atomic mass is 10.1. The van der Waals surface area contributed by atoms with Gasteiger partial charge in [0.1, 0.15) is 11.9 Å². The Bertz CT molecular complexity index is 318. The van der Waals surface area contributed by atoms with E-state index >= 15 is 0 Å². The van der Waals surface area contributed by atoms with Gasteiger partial charge in [0.05, 0.1) is 13.3 Å². The summed E-state index contributed by atoms with van der Waals surface area (Å²) in [5.74, 6) is 1.45. The van der Waals surface area contributed by atoms with E-state index in [4.69, 9.17) is 9.47 Å². The summed E-state index contributed by atoms with van der Waals surface area (Å²) in [6, 6.07) is 3.73. The lowest BCUT2D eigenvalue weighted by Crippen LogP contribution is -2.35. The number of ether oxygens (including phenoxy) is 2. The van der Waals surface area contributed by atoms with Gasteiger partial charge in [0.2, 0.25) is 5.88 Å². The number of hydrogen-bond donors (Lipinski definition) is 0. The van der Waals surface area contributed by atoms with E-state index in [0.717, 1.165) is 31.7 Å². The van der Waals surface area contributed by atoms with E-state index in [1.165, 1.54) is 0 Å². The van der Waals surface area contributed by atoms with E-state index in [9.17, 15) is 0 Å². The average Bonchev–Trinajstić information content (AvgIpc) is 2.33. The van der Waals surface area contributed by atoms with Gasteiger partial charge in [-0.2, -0.15) is 0 Å². The van der Waals surface area contributed by atoms with Crippen LogP contribution in [0.4, 0.5) is 0 Å². The summed E-state index contributed by atoms with van der Waals surface area (Å²) in [7, 11) is 3.77. The Morgan fingerprint density at radius 3 is 2.62 bits per heavy atom. The fourth-order valence-electron chi connectivity index (χ4n) is 1.83. The molecule has 0 atom stereocenters. The largest absolute Gasteiger partial charge is 0.495 e. The predicted octanol–water partition coefficient (Wildman–Crippen LogP) is 1.56. The first-order valence-electron chi connectivity index (χ1n) is 5.63. The Hall–Kier alpha value is -1.29. The van der Waals surface area contributed by atoms with Crippen LogP contribution in [0.15, 0.2) is 18.3 Å². The van der Waals surface area contributed by atoms with Gasteiger partial charge in [0, 0.05) is 19.2 Å². The van der Waals surface area contributed by atoms with E-state index in [-0.39, 0.29) is 0 Å². The second-order valence-electron chi connectivity index (χ2n) is 4.16. The topological polar surface area (TPSA) is 34.6 Å². The fraction of sp³-hybridized carbons (Fsp3) is 0.583. The van der Waals surface area contributed by atoms with Crippen LogP contribution in [0, 0.1) is 0 Å². The van der Waals surface area contributed by atoms with E-state index in [1.54, 1.807) is 13.3 Å². The van der Waals surface area contributed by atoms with E-state index < -0.39 is 0 Å². The molecule has 2 rings (SSSR count). The molecule has 0 spiro atoms. The third-order valence-electron chi connectivity index (χ3n) is 2.90. The maximum absolute atomic E-state index is 5.81. The first-order valence-corrected chi connectivity index (χ1v) is 5.63. The molecule has 1 fully saturated rings. The summed E-state index contributed by atoms with van der Waals surface area (Å²) < 4.78 is 10.9. The Balaban J connectivity index is 1.88. The molecule has 0 bridgehead atoms. The van der Waals surface area contributed by atoms with Crippen molar-refractivity contribution in [2.45, 2.75) is 18.9 Å². The molecule has 0 N–H and O–H groups in total. The number of likely N-dealkylation sites (tertiary alicyclic amines) is 1. The SMILES string of the molecule is COc1ccc(OC2CCN(C)CC2)nc1. The molecule has 4 heteroatoms. The molecule has 0 saturated carbocycles. The number of piperidine rings is 1. The van der Waals surface area contributed by atoms with E-state index in [2.05, 4.69) is 16.9 Å². The van der Waals surface area contributed by atoms with Crippen LogP contribution in [0.5, 0.6) is 11.6 Å². The fourth-order valence-corrected chi connectivity index (χ4v) is 1.83. The first-order chi connectivity index (χ1) is 7.78. The van der Waals surface area contributed by atoms with E-state index in [0.29, 0.717) is 12.0 Å². The second-order valence-corrected chi connectivity index (χ2v) is 4.16. The lowest BCUT2D eigenvalue weighted by molar-refractivity contribution is 0.110. The second kappa shape index (κ2) is 5.16. The zero-order valence-corrected chi connectivity index (χ0v) is 9.85. The molecule has 0 unspecified atom stereocenters. The Morgan fingerprint density at radius 1 is 1.31 bits per heavy atom. The molecule has 4 nitrogen and oxygen atoms in total. The molecule has 1 aromatic heterocycles. The van der Waals surface area contributed by atoms with Gasteiger partial charge in [0.25, 0.3) is 0 Å². The Kier molecular flexibility index (Phi) is 3.62. The molecule has 1 aliphatic rings. The van der Waals surface area contributed by atoms with Gasteiger partial charge < -0.3 is 14.4 Å². The maximum atomic E-state index is 5.81. The van der Waals surface area contributed by atoms with Crippen molar-refractivity contribution in [2.75, 3.05) is 27.2 Å². The number of rotatable bonds is 3. The van der Waals surface area contributed by atoms with Crippen LogP contribution >= 0.6 is 0 Å². The van der Waals surface area contributed by atoms with Gasteiger partial charge in [0.15, 0.2) is 0 Å². The summed E-state index contributed by atoms with van der Waals surface area (Å²) in [5, 5.41) is 0. The van der Waals surface area contributed by atoms with Gasteiger partial charge in [-0.05, 0) is 26.0 Å². The molecule has 1 aromatic rings. The normalized spacial score (nSPS) is 18.4. The van der Waals surface area contributed by atoms with Crippen LogP contribution in [0.3, 0.4) is 0 Å². The Morgan fingerprint density at radius 2 is 2.06 bits per heavy atom. The number of methoxy groups -OCH3 is 1. The molecule has 1 aliphatic heterocycles. The minimum atomic E-state index is 0.303. The van der Waals surface area contributed by atoms with Crippen molar-refractivity contribution in [3.63, 3.8) is 0 Å². The number of hydrogen-bond acceptors (Lipinski definition) is 4. The quantitative estimate of drug-likeness (QED) is 0.777. The standard InChI is InChI=1S/C12H18N2O2/c1-14-7-5-10(6-8-14)16-12-4-3-11(15-2)9-13-12/h3-4,9-10H,5-8H2,1-2H3. The van der Waals surface area contributed by atoms with Crippen LogP contribution in [-0.2, 0) is 0 Å². The summed E-state index contributed by atoms with van der Waals surface area (Å²) in [5.41, 5.74) is 0. The van der Waals surface area contributed by atoms with Gasteiger partial charge in [-0.1, -0.05) is 0 Å². The minimum Gasteiger partial charge on any atom is -0.495 e. The molecular formula is C12H18N2O2. The molecular weight excluding hydrogens is 204 g/mol. The summed E-state index contributed by atoms with van der Waals surface area (Å²) in [6.45, 7) is 2.20. The van der Waals surface area contributed by atoms with Crippen LogP contribution < -0.4 is 9.47 Å². The van der Waals surface area contributed by atoms with Crippen LogP contribution in [0.2, 0.25) is 0 Å². The van der Waals surface area contributed by atoms with Crippen molar-refractivity contribution in [1.29, 1.82) is 0 Å². The van der Waals surface area contributed by atoms with Crippen LogP contribution in [0.1, 0.15) is 12.8 Å². The zero-order chi connectivity index (χ0) is 11.4. The smallest absolute Gasteiger partial charge is 0.213 e. The summed E-state index contributed by atoms with van der Waals surface area (Å²) in [6.07, 6.45) is 4.13. The highest BCUT2D eigenvalue weighted by Crippen LogP contribution is 2.18. The highest BCUT2D eigenvalue weighted by Gasteiger charge is 2.18. The molecule has 0 aromatic carbocycles. The zero-order valence-electron chi connectivity index (χ0n) is 9.85. The van der Waals surface area contributed by atoms with Crippen molar-refractivity contribution in [3.8, 4) is 11.6 Å². The molecule has 0 amide bonds. The third kappa shape index (κ3) is 2.85. The maximum Gasteiger partial charge on any atom is 0.213 e. The molecule has 88 valence electrons. The number of nitrogens with zero attached hydrogens (tertiary/aromatic N) is 2. The molecule has 2 heterocycles. The van der Waals surface area contributed by atoms with Crippen molar-refractivity contribution >= 4 is 0 Å². The number of aromatic nitrogens is 1. The van der Waals surface area contributed by atoms with Crippen molar-refractivity contribution in [1.82, 2.24) is 9.88 Å². The predicted molar refractivity (Wildman–Crippen MR) is 61.9 cm³/mol. The highest BCUT2D eigenvalue weighted by atomic mass is 16.5. The monoisotopic (exact) mass is 222 g/mol. The number of pyridine rings is 1. The van der Waals surface area contributed by atoms with Crippen LogP contribution in [0.25, 0.3) is 0 Å². The van der Waals surface area contributed by atoms with Crippen molar-refractivity contribution in [2.24, 2.45) is 0 Å². The van der Waals surface area contributed by atoms with Crippen molar-refractivity contribution < 1.29 is 9.47 Å². The molecule has 16 heavy (non-hydrogen) atoms. The lowest BCUT2D eigenvalue weighted by Gasteiger charge is -2.28. The Labute approximate surface area is 96.2 Å².